The average Bonchev–Trinajstić information content (AvgIpc) is 2.74. The summed E-state index contributed by atoms with van der Waals surface area (Å²) >= 11 is 0. The first kappa shape index (κ1) is 12.6. The van der Waals surface area contributed by atoms with Gasteiger partial charge in [-0.15, -0.1) is 0 Å². The second-order valence-electron chi connectivity index (χ2n) is 4.67. The van der Waals surface area contributed by atoms with Gasteiger partial charge in [-0.2, -0.15) is 0 Å². The molecule has 0 saturated heterocycles. The van der Waals surface area contributed by atoms with E-state index in [1.165, 1.54) is 18.2 Å². The zero-order valence-corrected chi connectivity index (χ0v) is 11.1. The molecule has 5 heteroatoms. The Morgan fingerprint density at radius 1 is 1.35 bits per heavy atom. The van der Waals surface area contributed by atoms with Crippen molar-refractivity contribution in [1.82, 2.24) is 5.16 Å². The number of benzene rings is 1. The summed E-state index contributed by atoms with van der Waals surface area (Å²) in [5.74, 6) is 0.352. The molecule has 4 nitrogen and oxygen atoms in total. The van der Waals surface area contributed by atoms with Gasteiger partial charge in [-0.05, 0) is 38.1 Å². The molecule has 1 aliphatic heterocycles. The molecule has 0 aliphatic carbocycles. The predicted octanol–water partition coefficient (Wildman–Crippen LogP) is 3.09. The number of hydrogen-bond acceptors (Lipinski definition) is 4. The maximum Gasteiger partial charge on any atom is 0.196 e. The molecule has 0 saturated carbocycles. The summed E-state index contributed by atoms with van der Waals surface area (Å²) in [6.07, 6.45) is 1.69. The molecule has 2 heterocycles. The average molecular weight is 273 g/mol. The van der Waals surface area contributed by atoms with Gasteiger partial charge in [-0.25, -0.2) is 4.39 Å². The number of nitrogens with zero attached hydrogens (tertiary/aromatic N) is 1. The van der Waals surface area contributed by atoms with E-state index < -0.39 is 5.82 Å². The lowest BCUT2D eigenvalue weighted by molar-refractivity contribution is 0.100. The van der Waals surface area contributed by atoms with Crippen molar-refractivity contribution in [1.29, 1.82) is 0 Å². The van der Waals surface area contributed by atoms with Crippen LogP contribution >= 0.6 is 0 Å². The van der Waals surface area contributed by atoms with Crippen LogP contribution in [-0.2, 0) is 0 Å². The molecule has 0 unspecified atom stereocenters. The van der Waals surface area contributed by atoms with E-state index in [4.69, 9.17) is 9.26 Å². The Labute approximate surface area is 114 Å². The highest BCUT2D eigenvalue weighted by molar-refractivity contribution is 6.14. The van der Waals surface area contributed by atoms with Crippen molar-refractivity contribution < 1.29 is 18.4 Å². The van der Waals surface area contributed by atoms with E-state index in [0.717, 1.165) is 5.56 Å². The van der Waals surface area contributed by atoms with Gasteiger partial charge in [0.05, 0.1) is 11.3 Å². The van der Waals surface area contributed by atoms with Crippen molar-refractivity contribution in [3.8, 4) is 5.75 Å². The highest BCUT2D eigenvalue weighted by atomic mass is 19.1. The predicted molar refractivity (Wildman–Crippen MR) is 70.2 cm³/mol. The number of halogens is 1. The van der Waals surface area contributed by atoms with Crippen LogP contribution in [0.2, 0.25) is 0 Å². The number of carbonyl (C=O) groups is 1. The molecule has 20 heavy (non-hydrogen) atoms. The smallest absolute Gasteiger partial charge is 0.196 e. The summed E-state index contributed by atoms with van der Waals surface area (Å²) in [5, 5.41) is 3.83. The summed E-state index contributed by atoms with van der Waals surface area (Å²) in [4.78, 5) is 12.4. The molecular weight excluding hydrogens is 261 g/mol. The molecule has 3 rings (SSSR count). The number of Topliss-reactive ketones (excluding diaryl/α,β-unsaturated/α-hetero) is 1. The van der Waals surface area contributed by atoms with Crippen molar-refractivity contribution in [3.63, 3.8) is 0 Å². The van der Waals surface area contributed by atoms with Crippen LogP contribution in [-0.4, -0.2) is 17.5 Å². The topological polar surface area (TPSA) is 52.3 Å². The van der Waals surface area contributed by atoms with Gasteiger partial charge in [-0.3, -0.25) is 4.79 Å². The Morgan fingerprint density at radius 3 is 2.85 bits per heavy atom. The lowest BCUT2D eigenvalue weighted by Crippen LogP contribution is -2.19. The van der Waals surface area contributed by atoms with Gasteiger partial charge in [-0.1, -0.05) is 5.16 Å². The highest BCUT2D eigenvalue weighted by Gasteiger charge is 2.24. The molecule has 0 bridgehead atoms. The standard InChI is InChI=1S/C15H12FNO3/c1-8-12(9(2)20-17-8)5-10-7-19-14-4-3-11(16)6-13(14)15(10)18/h3-6H,7H2,1-2H3/b10-5-. The second kappa shape index (κ2) is 4.59. The van der Waals surface area contributed by atoms with E-state index in [-0.39, 0.29) is 18.0 Å². The summed E-state index contributed by atoms with van der Waals surface area (Å²) in [7, 11) is 0. The molecule has 0 amide bonds. The van der Waals surface area contributed by atoms with Gasteiger partial charge >= 0.3 is 0 Å². The largest absolute Gasteiger partial charge is 0.488 e. The number of aromatic nitrogens is 1. The molecule has 1 aromatic carbocycles. The van der Waals surface area contributed by atoms with Crippen molar-refractivity contribution in [2.24, 2.45) is 0 Å². The number of ether oxygens (including phenoxy) is 1. The van der Waals surface area contributed by atoms with E-state index in [0.29, 0.717) is 22.8 Å². The first-order valence-electron chi connectivity index (χ1n) is 6.17. The monoisotopic (exact) mass is 273 g/mol. The molecule has 0 spiro atoms. The second-order valence-corrected chi connectivity index (χ2v) is 4.67. The fourth-order valence-corrected chi connectivity index (χ4v) is 2.18. The van der Waals surface area contributed by atoms with Crippen molar-refractivity contribution in [2.75, 3.05) is 6.61 Å². The third kappa shape index (κ3) is 2.01. The van der Waals surface area contributed by atoms with E-state index in [1.807, 2.05) is 0 Å². The number of rotatable bonds is 1. The molecule has 1 aromatic heterocycles. The number of ketones is 1. The zero-order valence-electron chi connectivity index (χ0n) is 11.1. The van der Waals surface area contributed by atoms with Crippen LogP contribution in [0.3, 0.4) is 0 Å². The number of hydrogen-bond donors (Lipinski definition) is 0. The van der Waals surface area contributed by atoms with Gasteiger partial charge in [0.1, 0.15) is 23.9 Å². The Hall–Kier alpha value is -2.43. The fourth-order valence-electron chi connectivity index (χ4n) is 2.18. The van der Waals surface area contributed by atoms with Crippen LogP contribution in [0, 0.1) is 19.7 Å². The molecule has 0 N–H and O–H groups in total. The van der Waals surface area contributed by atoms with Crippen LogP contribution in [0.25, 0.3) is 6.08 Å². The number of aryl methyl sites for hydroxylation is 2. The number of carbonyl (C=O) groups excluding carboxylic acids is 1. The molecule has 2 aromatic rings. The van der Waals surface area contributed by atoms with Gasteiger partial charge in [0.2, 0.25) is 0 Å². The van der Waals surface area contributed by atoms with Gasteiger partial charge < -0.3 is 9.26 Å². The van der Waals surface area contributed by atoms with Crippen molar-refractivity contribution >= 4 is 11.9 Å². The Balaban J connectivity index is 2.04. The van der Waals surface area contributed by atoms with Crippen LogP contribution in [0.15, 0.2) is 28.3 Å². The minimum atomic E-state index is -0.459. The van der Waals surface area contributed by atoms with Crippen LogP contribution < -0.4 is 4.74 Å². The normalized spacial score (nSPS) is 16.1. The molecule has 1 aliphatic rings. The summed E-state index contributed by atoms with van der Waals surface area (Å²) in [6, 6.07) is 3.93. The maximum atomic E-state index is 13.2. The summed E-state index contributed by atoms with van der Waals surface area (Å²) in [6.45, 7) is 3.72. The van der Waals surface area contributed by atoms with E-state index in [2.05, 4.69) is 5.16 Å². The van der Waals surface area contributed by atoms with Gasteiger partial charge in [0.15, 0.2) is 5.78 Å². The summed E-state index contributed by atoms with van der Waals surface area (Å²) in [5.41, 5.74) is 2.16. The Kier molecular flexibility index (Phi) is 2.89. The fraction of sp³-hybridized carbons (Fsp3) is 0.200. The Morgan fingerprint density at radius 2 is 2.15 bits per heavy atom. The highest BCUT2D eigenvalue weighted by Crippen LogP contribution is 2.29. The van der Waals surface area contributed by atoms with Crippen molar-refractivity contribution in [3.05, 3.63) is 52.2 Å². The molecule has 102 valence electrons. The zero-order chi connectivity index (χ0) is 14.3. The SMILES string of the molecule is Cc1noc(C)c1/C=C1/COc2ccc(F)cc2C1=O. The third-order valence-electron chi connectivity index (χ3n) is 3.27. The van der Waals surface area contributed by atoms with E-state index in [9.17, 15) is 9.18 Å². The van der Waals surface area contributed by atoms with Gasteiger partial charge in [0, 0.05) is 11.1 Å². The van der Waals surface area contributed by atoms with Crippen LogP contribution in [0.5, 0.6) is 5.75 Å². The van der Waals surface area contributed by atoms with E-state index >= 15 is 0 Å². The van der Waals surface area contributed by atoms with Crippen LogP contribution in [0.1, 0.15) is 27.4 Å². The first-order chi connectivity index (χ1) is 9.56. The minimum Gasteiger partial charge on any atom is -0.488 e. The third-order valence-corrected chi connectivity index (χ3v) is 3.27. The molecule has 0 fully saturated rings. The maximum absolute atomic E-state index is 13.2. The lowest BCUT2D eigenvalue weighted by Gasteiger charge is -2.18. The molecular formula is C15H12FNO3. The lowest BCUT2D eigenvalue weighted by atomic mass is 9.98. The minimum absolute atomic E-state index is 0.154. The van der Waals surface area contributed by atoms with Gasteiger partial charge in [0.25, 0.3) is 0 Å². The quantitative estimate of drug-likeness (QED) is 0.749. The first-order valence-corrected chi connectivity index (χ1v) is 6.17. The summed E-state index contributed by atoms with van der Waals surface area (Å²) < 4.78 is 23.8. The van der Waals surface area contributed by atoms with Crippen molar-refractivity contribution in [2.45, 2.75) is 13.8 Å². The Bertz CT molecular complexity index is 711. The molecule has 0 radical (unpaired) electrons. The van der Waals surface area contributed by atoms with Crippen LogP contribution in [0.4, 0.5) is 4.39 Å². The molecule has 0 atom stereocenters. The van der Waals surface area contributed by atoms with E-state index in [1.54, 1.807) is 19.9 Å². The number of fused-ring (bicyclic) bond motifs is 1.